The van der Waals surface area contributed by atoms with Crippen molar-refractivity contribution in [2.45, 2.75) is 32.9 Å². The minimum Gasteiger partial charge on any atom is -0.489 e. The first-order valence-corrected chi connectivity index (χ1v) is 9.74. The van der Waals surface area contributed by atoms with Gasteiger partial charge in [-0.15, -0.1) is 0 Å². The van der Waals surface area contributed by atoms with E-state index in [2.05, 4.69) is 5.32 Å². The number of hydrogen-bond donors (Lipinski definition) is 2. The van der Waals surface area contributed by atoms with Crippen molar-refractivity contribution in [1.82, 2.24) is 0 Å². The maximum atomic E-state index is 13.9. The molecule has 30 heavy (non-hydrogen) atoms. The second-order valence-corrected chi connectivity index (χ2v) is 7.38. The first-order valence-electron chi connectivity index (χ1n) is 9.74. The van der Waals surface area contributed by atoms with Crippen LogP contribution in [0.4, 0.5) is 25.0 Å². The number of hydrogen-bond acceptors (Lipinski definition) is 3. The second-order valence-electron chi connectivity index (χ2n) is 7.38. The number of nitrogens with zero attached hydrogens (tertiary/aromatic N) is 1. The van der Waals surface area contributed by atoms with Crippen molar-refractivity contribution in [1.29, 1.82) is 0 Å². The Hall–Kier alpha value is -3.19. The van der Waals surface area contributed by atoms with E-state index in [1.807, 2.05) is 19.1 Å². The van der Waals surface area contributed by atoms with Gasteiger partial charge in [0, 0.05) is 18.2 Å². The number of ether oxygens (including phenoxy) is 1. The molecule has 1 aliphatic carbocycles. The third kappa shape index (κ3) is 3.93. The van der Waals surface area contributed by atoms with E-state index in [9.17, 15) is 18.7 Å². The van der Waals surface area contributed by atoms with Gasteiger partial charge in [0.2, 0.25) is 0 Å². The van der Waals surface area contributed by atoms with E-state index < -0.39 is 11.7 Å². The molecule has 1 heterocycles. The number of fused-ring (bicyclic) bond motifs is 1. The third-order valence-electron chi connectivity index (χ3n) is 5.33. The van der Waals surface area contributed by atoms with Crippen LogP contribution in [-0.2, 0) is 13.2 Å². The Balaban J connectivity index is 1.56. The van der Waals surface area contributed by atoms with Crippen LogP contribution < -0.4 is 15.0 Å². The number of carbonyl (C=O) groups excluding carboxylic acids is 1. The quantitative estimate of drug-likeness (QED) is 0.702. The fraction of sp³-hybridized carbons (Fsp3) is 0.261. The average molecular weight is 412 g/mol. The Morgan fingerprint density at radius 2 is 2.03 bits per heavy atom. The van der Waals surface area contributed by atoms with E-state index in [0.717, 1.165) is 16.7 Å². The number of anilines is 2. The molecule has 2 aromatic rings. The van der Waals surface area contributed by atoms with Crippen LogP contribution in [0.1, 0.15) is 29.5 Å². The molecule has 2 amide bonds. The number of aliphatic hydroxyl groups excluding tert-OH is 1. The summed E-state index contributed by atoms with van der Waals surface area (Å²) in [7, 11) is 0. The monoisotopic (exact) mass is 412 g/mol. The summed E-state index contributed by atoms with van der Waals surface area (Å²) in [4.78, 5) is 14.3. The zero-order valence-electron chi connectivity index (χ0n) is 16.5. The van der Waals surface area contributed by atoms with Gasteiger partial charge in [-0.05, 0) is 48.2 Å². The predicted molar refractivity (Wildman–Crippen MR) is 111 cm³/mol. The molecule has 0 fully saturated rings. The number of nitrogens with one attached hydrogen (secondary N) is 1. The molecule has 2 aliphatic rings. The van der Waals surface area contributed by atoms with Crippen molar-refractivity contribution < 1.29 is 23.4 Å². The number of aliphatic hydroxyl groups is 1. The Kier molecular flexibility index (Phi) is 5.55. The van der Waals surface area contributed by atoms with Crippen molar-refractivity contribution in [3.63, 3.8) is 0 Å². The molecule has 0 aromatic heterocycles. The number of aryl methyl sites for hydroxylation is 1. The highest BCUT2D eigenvalue weighted by atomic mass is 19.1. The highest BCUT2D eigenvalue weighted by Gasteiger charge is 2.26. The van der Waals surface area contributed by atoms with Crippen LogP contribution in [0.15, 0.2) is 59.7 Å². The summed E-state index contributed by atoms with van der Waals surface area (Å²) in [6.45, 7) is 1.92. The Bertz CT molecular complexity index is 1060. The number of carbonyl (C=O) groups is 1. The lowest BCUT2D eigenvalue weighted by atomic mass is 10.0. The van der Waals surface area contributed by atoms with Crippen molar-refractivity contribution in [3.05, 3.63) is 76.4 Å². The van der Waals surface area contributed by atoms with Crippen molar-refractivity contribution in [3.8, 4) is 5.75 Å². The maximum Gasteiger partial charge on any atom is 0.326 e. The lowest BCUT2D eigenvalue weighted by molar-refractivity contribution is 0.256. The van der Waals surface area contributed by atoms with Gasteiger partial charge in [-0.25, -0.2) is 13.6 Å². The summed E-state index contributed by atoms with van der Waals surface area (Å²) in [5, 5.41) is 12.1. The summed E-state index contributed by atoms with van der Waals surface area (Å²) in [5.74, 6) is -0.652. The molecule has 0 saturated heterocycles. The molecule has 1 aliphatic heterocycles. The van der Waals surface area contributed by atoms with Crippen molar-refractivity contribution >= 4 is 17.4 Å². The summed E-state index contributed by atoms with van der Waals surface area (Å²) < 4.78 is 33.5. The Morgan fingerprint density at radius 3 is 2.80 bits per heavy atom. The molecule has 0 spiro atoms. The molecular formula is C23H22F2N2O3. The van der Waals surface area contributed by atoms with Crippen LogP contribution in [0.25, 0.3) is 0 Å². The zero-order valence-corrected chi connectivity index (χ0v) is 16.5. The lowest BCUT2D eigenvalue weighted by Crippen LogP contribution is -2.39. The summed E-state index contributed by atoms with van der Waals surface area (Å²) in [6.07, 6.45) is 1.89. The Labute approximate surface area is 173 Å². The maximum absolute atomic E-state index is 13.9. The number of benzene rings is 2. The molecule has 0 saturated carbocycles. The average Bonchev–Trinajstić information content (AvgIpc) is 2.73. The van der Waals surface area contributed by atoms with E-state index in [1.165, 1.54) is 6.08 Å². The first kappa shape index (κ1) is 20.1. The molecular weight excluding hydrogens is 390 g/mol. The van der Waals surface area contributed by atoms with E-state index in [1.54, 1.807) is 29.2 Å². The van der Waals surface area contributed by atoms with Gasteiger partial charge in [-0.3, -0.25) is 4.90 Å². The number of rotatable bonds is 5. The van der Waals surface area contributed by atoms with Gasteiger partial charge >= 0.3 is 6.03 Å². The smallest absolute Gasteiger partial charge is 0.326 e. The number of allylic oxidation sites excluding steroid dienone is 2. The van der Waals surface area contributed by atoms with Crippen LogP contribution >= 0.6 is 0 Å². The summed E-state index contributed by atoms with van der Waals surface area (Å²) in [5.41, 5.74) is 3.76. The fourth-order valence-electron chi connectivity index (χ4n) is 3.60. The molecule has 5 nitrogen and oxygen atoms in total. The summed E-state index contributed by atoms with van der Waals surface area (Å²) >= 11 is 0. The standard InChI is InChI=1S/C23H22F2N2O3/c1-14-5-8-17(30-13-18-19(24)3-2-4-20(18)25)10-22(14)27-11-16-7-6-15(12-28)9-21(16)26-23(27)29/h3,5-10,28H,2,4,11-13H2,1H3,(H,26,29). The molecule has 0 unspecified atom stereocenters. The number of halogens is 2. The lowest BCUT2D eigenvalue weighted by Gasteiger charge is -2.31. The van der Waals surface area contributed by atoms with Gasteiger partial charge in [0.15, 0.2) is 0 Å². The molecule has 156 valence electrons. The van der Waals surface area contributed by atoms with Crippen molar-refractivity contribution in [2.75, 3.05) is 16.8 Å². The van der Waals surface area contributed by atoms with Gasteiger partial charge in [-0.1, -0.05) is 18.2 Å². The Morgan fingerprint density at radius 1 is 1.20 bits per heavy atom. The highest BCUT2D eigenvalue weighted by molar-refractivity contribution is 6.04. The third-order valence-corrected chi connectivity index (χ3v) is 5.33. The SMILES string of the molecule is Cc1ccc(OCC2=C(F)CCC=C2F)cc1N1Cc2ccc(CO)cc2NC1=O. The van der Waals surface area contributed by atoms with Gasteiger partial charge in [0.1, 0.15) is 24.0 Å². The number of urea groups is 1. The van der Waals surface area contributed by atoms with Gasteiger partial charge in [0.05, 0.1) is 24.4 Å². The molecule has 0 radical (unpaired) electrons. The van der Waals surface area contributed by atoms with E-state index in [4.69, 9.17) is 4.74 Å². The van der Waals surface area contributed by atoms with E-state index in [0.29, 0.717) is 30.1 Å². The first-order chi connectivity index (χ1) is 14.5. The molecule has 7 heteroatoms. The number of amides is 2. The van der Waals surface area contributed by atoms with E-state index >= 15 is 0 Å². The van der Waals surface area contributed by atoms with Crippen LogP contribution in [-0.4, -0.2) is 17.7 Å². The predicted octanol–water partition coefficient (Wildman–Crippen LogP) is 5.29. The zero-order chi connectivity index (χ0) is 21.3. The molecule has 2 N–H and O–H groups in total. The summed E-state index contributed by atoms with van der Waals surface area (Å²) in [6, 6.07) is 10.4. The highest BCUT2D eigenvalue weighted by Crippen LogP contribution is 2.33. The molecule has 4 rings (SSSR count). The van der Waals surface area contributed by atoms with E-state index in [-0.39, 0.29) is 31.2 Å². The van der Waals surface area contributed by atoms with Gasteiger partial charge in [0.25, 0.3) is 0 Å². The molecule has 0 bridgehead atoms. The molecule has 2 aromatic carbocycles. The van der Waals surface area contributed by atoms with Crippen LogP contribution in [0.5, 0.6) is 5.75 Å². The van der Waals surface area contributed by atoms with Gasteiger partial charge in [-0.2, -0.15) is 0 Å². The van der Waals surface area contributed by atoms with Crippen molar-refractivity contribution in [2.24, 2.45) is 0 Å². The largest absolute Gasteiger partial charge is 0.489 e. The normalized spacial score (nSPS) is 16.2. The van der Waals surface area contributed by atoms with Crippen LogP contribution in [0.2, 0.25) is 0 Å². The molecule has 0 atom stereocenters. The van der Waals surface area contributed by atoms with Crippen LogP contribution in [0, 0.1) is 6.92 Å². The minimum absolute atomic E-state index is 0.0623. The fourth-order valence-corrected chi connectivity index (χ4v) is 3.60. The minimum atomic E-state index is -0.583. The van der Waals surface area contributed by atoms with Gasteiger partial charge < -0.3 is 15.2 Å². The second kappa shape index (κ2) is 8.28. The van der Waals surface area contributed by atoms with Crippen LogP contribution in [0.3, 0.4) is 0 Å². The topological polar surface area (TPSA) is 61.8 Å².